The van der Waals surface area contributed by atoms with Crippen LogP contribution in [0.25, 0.3) is 0 Å². The number of anilines is 1. The van der Waals surface area contributed by atoms with Crippen molar-refractivity contribution in [2.24, 2.45) is 0 Å². The van der Waals surface area contributed by atoms with Gasteiger partial charge in [0.15, 0.2) is 0 Å². The molecule has 3 aromatic rings. The van der Waals surface area contributed by atoms with Crippen LogP contribution in [0.1, 0.15) is 38.7 Å². The summed E-state index contributed by atoms with van der Waals surface area (Å²) in [5, 5.41) is 3.83. The molecule has 7 nitrogen and oxygen atoms in total. The van der Waals surface area contributed by atoms with Crippen molar-refractivity contribution in [3.8, 4) is 0 Å². The summed E-state index contributed by atoms with van der Waals surface area (Å²) in [4.78, 5) is 28.7. The minimum absolute atomic E-state index is 0.0159. The molecule has 0 saturated carbocycles. The van der Waals surface area contributed by atoms with Crippen LogP contribution in [0.3, 0.4) is 0 Å². The smallest absolute Gasteiger partial charge is 0.264 e. The van der Waals surface area contributed by atoms with Gasteiger partial charge in [-0.1, -0.05) is 90.9 Å². The Morgan fingerprint density at radius 2 is 1.56 bits per heavy atom. The van der Waals surface area contributed by atoms with Crippen LogP contribution in [0, 0.1) is 0 Å². The molecular formula is C29H31Cl4N3O4S. The molecule has 3 aromatic carbocycles. The van der Waals surface area contributed by atoms with E-state index in [0.29, 0.717) is 17.1 Å². The van der Waals surface area contributed by atoms with Gasteiger partial charge in [-0.3, -0.25) is 13.9 Å². The van der Waals surface area contributed by atoms with Crippen molar-refractivity contribution < 1.29 is 18.0 Å². The van der Waals surface area contributed by atoms with Crippen LogP contribution in [0.2, 0.25) is 20.1 Å². The number of carbonyl (C=O) groups is 2. The molecule has 0 bridgehead atoms. The van der Waals surface area contributed by atoms with Crippen LogP contribution in [-0.4, -0.2) is 44.3 Å². The Labute approximate surface area is 261 Å². The topological polar surface area (TPSA) is 86.8 Å². The molecule has 1 N–H and O–H groups in total. The Kier molecular flexibility index (Phi) is 12.2. The van der Waals surface area contributed by atoms with Gasteiger partial charge < -0.3 is 10.2 Å². The summed E-state index contributed by atoms with van der Waals surface area (Å²) in [6.07, 6.45) is 1.95. The average Bonchev–Trinajstić information content (AvgIpc) is 2.95. The van der Waals surface area contributed by atoms with Gasteiger partial charge in [0.2, 0.25) is 11.8 Å². The SMILES string of the molecule is CCCCNC(=O)[C@@H](CC)N(Cc1ccc(Cl)c(Cl)c1)C(=O)CN(c1cc(Cl)ccc1Cl)S(=O)(=O)c1ccccc1. The van der Waals surface area contributed by atoms with Crippen LogP contribution in [0.15, 0.2) is 71.6 Å². The Morgan fingerprint density at radius 3 is 2.20 bits per heavy atom. The van der Waals surface area contributed by atoms with Crippen molar-refractivity contribution in [1.82, 2.24) is 10.2 Å². The normalized spacial score (nSPS) is 12.0. The second-order valence-electron chi connectivity index (χ2n) is 9.26. The van der Waals surface area contributed by atoms with Gasteiger partial charge in [-0.2, -0.15) is 0 Å². The van der Waals surface area contributed by atoms with Crippen molar-refractivity contribution >= 4 is 73.9 Å². The average molecular weight is 659 g/mol. The molecule has 0 spiro atoms. The molecule has 0 aromatic heterocycles. The second-order valence-corrected chi connectivity index (χ2v) is 12.8. The molecule has 0 aliphatic heterocycles. The molecule has 0 unspecified atom stereocenters. The highest BCUT2D eigenvalue weighted by Gasteiger charge is 2.34. The molecule has 3 rings (SSSR count). The largest absolute Gasteiger partial charge is 0.354 e. The minimum Gasteiger partial charge on any atom is -0.354 e. The highest BCUT2D eigenvalue weighted by molar-refractivity contribution is 7.92. The minimum atomic E-state index is -4.27. The number of nitrogens with one attached hydrogen (secondary N) is 1. The molecule has 0 fully saturated rings. The van der Waals surface area contributed by atoms with Gasteiger partial charge in [-0.05, 0) is 60.9 Å². The standard InChI is InChI=1S/C29H31Cl4N3O4S/c1-3-5-15-34-29(38)26(4-2)35(18-20-11-13-23(31)25(33)16-20)28(37)19-36(27-17-21(30)12-14-24(27)32)41(39,40)22-9-7-6-8-10-22/h6-14,16-17,26H,3-5,15,18-19H2,1-2H3,(H,34,38)/t26-/m1/s1. The van der Waals surface area contributed by atoms with Crippen molar-refractivity contribution in [2.75, 3.05) is 17.4 Å². The van der Waals surface area contributed by atoms with E-state index in [9.17, 15) is 18.0 Å². The Hall–Kier alpha value is -2.49. The third kappa shape index (κ3) is 8.52. The van der Waals surface area contributed by atoms with E-state index in [0.717, 1.165) is 17.1 Å². The van der Waals surface area contributed by atoms with E-state index in [1.54, 1.807) is 43.3 Å². The summed E-state index contributed by atoms with van der Waals surface area (Å²) in [7, 11) is -4.27. The van der Waals surface area contributed by atoms with E-state index < -0.39 is 28.5 Å². The third-order valence-corrected chi connectivity index (χ3v) is 9.41. The number of carbonyl (C=O) groups excluding carboxylic acids is 2. The summed E-state index contributed by atoms with van der Waals surface area (Å²) < 4.78 is 28.7. The van der Waals surface area contributed by atoms with Gasteiger partial charge in [0, 0.05) is 18.1 Å². The summed E-state index contributed by atoms with van der Waals surface area (Å²) in [6.45, 7) is 3.58. The van der Waals surface area contributed by atoms with Gasteiger partial charge in [-0.25, -0.2) is 8.42 Å². The molecule has 2 amide bonds. The van der Waals surface area contributed by atoms with E-state index in [1.807, 2.05) is 6.92 Å². The quantitative estimate of drug-likeness (QED) is 0.197. The Morgan fingerprint density at radius 1 is 0.878 bits per heavy atom. The van der Waals surface area contributed by atoms with Crippen molar-refractivity contribution in [3.63, 3.8) is 0 Å². The van der Waals surface area contributed by atoms with Crippen molar-refractivity contribution in [2.45, 2.75) is 50.6 Å². The van der Waals surface area contributed by atoms with Crippen LogP contribution >= 0.6 is 46.4 Å². The zero-order valence-electron chi connectivity index (χ0n) is 22.6. The van der Waals surface area contributed by atoms with Crippen LogP contribution in [-0.2, 0) is 26.2 Å². The second kappa shape index (κ2) is 15.1. The Balaban J connectivity index is 2.08. The summed E-state index contributed by atoms with van der Waals surface area (Å²) >= 11 is 25.0. The van der Waals surface area contributed by atoms with Gasteiger partial charge in [0.25, 0.3) is 10.0 Å². The molecule has 1 atom stereocenters. The van der Waals surface area contributed by atoms with Crippen LogP contribution in [0.4, 0.5) is 5.69 Å². The molecule has 0 aliphatic rings. The fourth-order valence-corrected chi connectivity index (χ4v) is 6.37. The number of nitrogens with zero attached hydrogens (tertiary/aromatic N) is 2. The molecule has 0 aliphatic carbocycles. The summed E-state index contributed by atoms with van der Waals surface area (Å²) in [5.41, 5.74) is 0.650. The maximum Gasteiger partial charge on any atom is 0.264 e. The first-order valence-corrected chi connectivity index (χ1v) is 16.0. The molecule has 41 heavy (non-hydrogen) atoms. The number of benzene rings is 3. The number of halogens is 4. The molecule has 220 valence electrons. The molecular weight excluding hydrogens is 628 g/mol. The van der Waals surface area contributed by atoms with E-state index in [1.165, 1.54) is 35.2 Å². The first-order chi connectivity index (χ1) is 19.5. The van der Waals surface area contributed by atoms with Gasteiger partial charge in [0.1, 0.15) is 12.6 Å². The number of hydrogen-bond donors (Lipinski definition) is 1. The lowest BCUT2D eigenvalue weighted by Gasteiger charge is -2.33. The fourth-order valence-electron chi connectivity index (χ4n) is 4.17. The highest BCUT2D eigenvalue weighted by Crippen LogP contribution is 2.33. The van der Waals surface area contributed by atoms with E-state index in [-0.39, 0.29) is 44.5 Å². The predicted octanol–water partition coefficient (Wildman–Crippen LogP) is 7.22. The van der Waals surface area contributed by atoms with Crippen molar-refractivity contribution in [3.05, 3.63) is 92.4 Å². The first-order valence-electron chi connectivity index (χ1n) is 13.0. The third-order valence-electron chi connectivity index (χ3n) is 6.34. The lowest BCUT2D eigenvalue weighted by atomic mass is 10.1. The monoisotopic (exact) mass is 657 g/mol. The maximum atomic E-state index is 14.1. The zero-order valence-corrected chi connectivity index (χ0v) is 26.5. The lowest BCUT2D eigenvalue weighted by Crippen LogP contribution is -2.52. The lowest BCUT2D eigenvalue weighted by molar-refractivity contribution is -0.140. The van der Waals surface area contributed by atoms with E-state index in [4.69, 9.17) is 46.4 Å². The number of rotatable bonds is 13. The summed E-state index contributed by atoms with van der Waals surface area (Å²) in [5.74, 6) is -0.961. The first kappa shape index (κ1) is 33.0. The van der Waals surface area contributed by atoms with Crippen LogP contribution in [0.5, 0.6) is 0 Å². The van der Waals surface area contributed by atoms with Gasteiger partial charge in [0.05, 0.1) is 25.7 Å². The Bertz CT molecular complexity index is 1470. The zero-order chi connectivity index (χ0) is 30.2. The summed E-state index contributed by atoms with van der Waals surface area (Å²) in [6, 6.07) is 16.1. The van der Waals surface area contributed by atoms with Gasteiger partial charge >= 0.3 is 0 Å². The highest BCUT2D eigenvalue weighted by atomic mass is 35.5. The van der Waals surface area contributed by atoms with E-state index >= 15 is 0 Å². The molecule has 0 heterocycles. The van der Waals surface area contributed by atoms with Gasteiger partial charge in [-0.15, -0.1) is 0 Å². The number of hydrogen-bond acceptors (Lipinski definition) is 4. The predicted molar refractivity (Wildman–Crippen MR) is 166 cm³/mol. The number of unbranched alkanes of at least 4 members (excludes halogenated alkanes) is 1. The van der Waals surface area contributed by atoms with Crippen molar-refractivity contribution in [1.29, 1.82) is 0 Å². The fraction of sp³-hybridized carbons (Fsp3) is 0.310. The maximum absolute atomic E-state index is 14.1. The molecule has 12 heteroatoms. The molecule has 0 saturated heterocycles. The molecule has 0 radical (unpaired) electrons. The number of amides is 2. The van der Waals surface area contributed by atoms with E-state index in [2.05, 4.69) is 5.32 Å². The number of sulfonamides is 1. The van der Waals surface area contributed by atoms with Crippen LogP contribution < -0.4 is 9.62 Å².